The molecule has 114 valence electrons. The molecule has 0 aliphatic heterocycles. The summed E-state index contributed by atoms with van der Waals surface area (Å²) in [6, 6.07) is 15.2. The standard InChI is InChI=1S/C22H26/c1-7-11-18(4)22(6,20-12-9-8-10-13-20)21-17(3)15-14-16(2)19(21)5/h7-15H,1H2,2-6H3/b18-11+. The van der Waals surface area contributed by atoms with E-state index in [4.69, 9.17) is 0 Å². The minimum atomic E-state index is -0.143. The van der Waals surface area contributed by atoms with Gasteiger partial charge < -0.3 is 0 Å². The van der Waals surface area contributed by atoms with Gasteiger partial charge in [0.05, 0.1) is 0 Å². The van der Waals surface area contributed by atoms with E-state index in [-0.39, 0.29) is 5.41 Å². The number of aryl methyl sites for hydroxylation is 2. The zero-order valence-corrected chi connectivity index (χ0v) is 14.4. The minimum absolute atomic E-state index is 0.143. The quantitative estimate of drug-likeness (QED) is 0.601. The molecule has 1 atom stereocenters. The largest absolute Gasteiger partial charge is 0.0991 e. The minimum Gasteiger partial charge on any atom is -0.0991 e. The van der Waals surface area contributed by atoms with Crippen molar-refractivity contribution in [2.24, 2.45) is 0 Å². The molecule has 2 rings (SSSR count). The molecule has 0 amide bonds. The third-order valence-corrected chi connectivity index (χ3v) is 4.95. The highest BCUT2D eigenvalue weighted by Crippen LogP contribution is 2.42. The van der Waals surface area contributed by atoms with Crippen molar-refractivity contribution in [2.45, 2.75) is 40.0 Å². The van der Waals surface area contributed by atoms with Crippen LogP contribution >= 0.6 is 0 Å². The van der Waals surface area contributed by atoms with E-state index in [2.05, 4.69) is 89.7 Å². The van der Waals surface area contributed by atoms with E-state index >= 15 is 0 Å². The summed E-state index contributed by atoms with van der Waals surface area (Å²) in [5.74, 6) is 0. The molecule has 0 heteroatoms. The van der Waals surface area contributed by atoms with Gasteiger partial charge in [-0.2, -0.15) is 0 Å². The summed E-state index contributed by atoms with van der Waals surface area (Å²) >= 11 is 0. The van der Waals surface area contributed by atoms with Gasteiger partial charge in [0.1, 0.15) is 0 Å². The first-order valence-corrected chi connectivity index (χ1v) is 7.85. The van der Waals surface area contributed by atoms with E-state index in [9.17, 15) is 0 Å². The molecule has 1 unspecified atom stereocenters. The molecule has 2 aromatic rings. The number of rotatable bonds is 4. The maximum Gasteiger partial charge on any atom is 0.0388 e. The topological polar surface area (TPSA) is 0 Å². The Morgan fingerprint density at radius 2 is 1.55 bits per heavy atom. The van der Waals surface area contributed by atoms with E-state index in [0.717, 1.165) is 0 Å². The predicted octanol–water partition coefficient (Wildman–Crippen LogP) is 6.05. The van der Waals surface area contributed by atoms with Crippen LogP contribution in [0.4, 0.5) is 0 Å². The number of hydrogen-bond acceptors (Lipinski definition) is 0. The summed E-state index contributed by atoms with van der Waals surface area (Å²) in [5.41, 5.74) is 7.96. The molecule has 22 heavy (non-hydrogen) atoms. The Balaban J connectivity index is 2.85. The van der Waals surface area contributed by atoms with Crippen LogP contribution in [0.25, 0.3) is 0 Å². The lowest BCUT2D eigenvalue weighted by Crippen LogP contribution is -2.28. The van der Waals surface area contributed by atoms with Gasteiger partial charge in [-0.25, -0.2) is 0 Å². The van der Waals surface area contributed by atoms with Crippen LogP contribution in [0, 0.1) is 20.8 Å². The van der Waals surface area contributed by atoms with Crippen LogP contribution in [0.5, 0.6) is 0 Å². The molecule has 0 aliphatic rings. The fourth-order valence-electron chi connectivity index (χ4n) is 3.40. The molecule has 0 saturated carbocycles. The second-order valence-corrected chi connectivity index (χ2v) is 6.28. The predicted molar refractivity (Wildman–Crippen MR) is 97.5 cm³/mol. The molecule has 0 radical (unpaired) electrons. The van der Waals surface area contributed by atoms with Gasteiger partial charge in [0.25, 0.3) is 0 Å². The van der Waals surface area contributed by atoms with Crippen molar-refractivity contribution >= 4 is 0 Å². The summed E-state index contributed by atoms with van der Waals surface area (Å²) in [6.07, 6.45) is 4.02. The lowest BCUT2D eigenvalue weighted by Gasteiger charge is -2.35. The maximum absolute atomic E-state index is 3.89. The molecule has 2 aromatic carbocycles. The van der Waals surface area contributed by atoms with Crippen LogP contribution in [0.2, 0.25) is 0 Å². The smallest absolute Gasteiger partial charge is 0.0388 e. The molecule has 0 nitrogen and oxygen atoms in total. The van der Waals surface area contributed by atoms with Gasteiger partial charge in [-0.1, -0.05) is 66.8 Å². The highest BCUT2D eigenvalue weighted by molar-refractivity contribution is 5.55. The van der Waals surface area contributed by atoms with Crippen molar-refractivity contribution in [1.29, 1.82) is 0 Å². The van der Waals surface area contributed by atoms with Crippen LogP contribution in [0.3, 0.4) is 0 Å². The van der Waals surface area contributed by atoms with Crippen molar-refractivity contribution in [1.82, 2.24) is 0 Å². The van der Waals surface area contributed by atoms with E-state index in [1.807, 2.05) is 6.08 Å². The third-order valence-electron chi connectivity index (χ3n) is 4.95. The SMILES string of the molecule is C=C/C=C(\C)C(C)(c1ccccc1)c1c(C)ccc(C)c1C. The summed E-state index contributed by atoms with van der Waals surface area (Å²) in [7, 11) is 0. The lowest BCUT2D eigenvalue weighted by molar-refractivity contribution is 0.662. The normalized spacial score (nSPS) is 14.5. The molecule has 0 saturated heterocycles. The highest BCUT2D eigenvalue weighted by Gasteiger charge is 2.33. The first-order valence-electron chi connectivity index (χ1n) is 7.85. The van der Waals surface area contributed by atoms with Crippen molar-refractivity contribution in [3.8, 4) is 0 Å². The number of hydrogen-bond donors (Lipinski definition) is 0. The number of allylic oxidation sites excluding steroid dienone is 3. The van der Waals surface area contributed by atoms with E-state index < -0.39 is 0 Å². The Labute approximate surface area is 135 Å². The van der Waals surface area contributed by atoms with Gasteiger partial charge >= 0.3 is 0 Å². The first-order chi connectivity index (χ1) is 10.4. The van der Waals surface area contributed by atoms with Crippen molar-refractivity contribution < 1.29 is 0 Å². The van der Waals surface area contributed by atoms with Gasteiger partial charge in [0.15, 0.2) is 0 Å². The second kappa shape index (κ2) is 6.36. The molecule has 0 N–H and O–H groups in total. The summed E-state index contributed by atoms with van der Waals surface area (Å²) in [5, 5.41) is 0. The second-order valence-electron chi connectivity index (χ2n) is 6.28. The summed E-state index contributed by atoms with van der Waals surface area (Å²) < 4.78 is 0. The fourth-order valence-corrected chi connectivity index (χ4v) is 3.40. The van der Waals surface area contributed by atoms with Crippen molar-refractivity contribution in [3.63, 3.8) is 0 Å². The molecule has 0 bridgehead atoms. The monoisotopic (exact) mass is 290 g/mol. The first kappa shape index (κ1) is 16.3. The van der Waals surface area contributed by atoms with Gasteiger partial charge in [-0.05, 0) is 62.4 Å². The number of benzene rings is 2. The molecule has 0 aliphatic carbocycles. The zero-order valence-electron chi connectivity index (χ0n) is 14.4. The van der Waals surface area contributed by atoms with Gasteiger partial charge in [-0.3, -0.25) is 0 Å². The third kappa shape index (κ3) is 2.66. The Kier molecular flexibility index (Phi) is 4.71. The Bertz CT molecular complexity index is 704. The molecule has 0 heterocycles. The van der Waals surface area contributed by atoms with Crippen LogP contribution in [-0.4, -0.2) is 0 Å². The van der Waals surface area contributed by atoms with E-state index in [1.165, 1.54) is 33.4 Å². The molecular weight excluding hydrogens is 264 g/mol. The van der Waals surface area contributed by atoms with Crippen molar-refractivity contribution in [2.75, 3.05) is 0 Å². The van der Waals surface area contributed by atoms with Crippen LogP contribution < -0.4 is 0 Å². The average molecular weight is 290 g/mol. The Morgan fingerprint density at radius 3 is 2.14 bits per heavy atom. The van der Waals surface area contributed by atoms with Gasteiger partial charge in [0.2, 0.25) is 0 Å². The van der Waals surface area contributed by atoms with Crippen LogP contribution in [0.15, 0.2) is 66.8 Å². The van der Waals surface area contributed by atoms with Gasteiger partial charge in [-0.15, -0.1) is 0 Å². The Hall–Kier alpha value is -2.08. The molecule has 0 fully saturated rings. The average Bonchev–Trinajstić information content (AvgIpc) is 2.52. The van der Waals surface area contributed by atoms with E-state index in [1.54, 1.807) is 0 Å². The van der Waals surface area contributed by atoms with E-state index in [0.29, 0.717) is 0 Å². The molecule has 0 spiro atoms. The van der Waals surface area contributed by atoms with Crippen LogP contribution in [-0.2, 0) is 5.41 Å². The Morgan fingerprint density at radius 1 is 0.955 bits per heavy atom. The highest BCUT2D eigenvalue weighted by atomic mass is 14.4. The lowest BCUT2D eigenvalue weighted by atomic mass is 9.67. The molecular formula is C22H26. The fraction of sp³-hybridized carbons (Fsp3) is 0.273. The zero-order chi connectivity index (χ0) is 16.3. The van der Waals surface area contributed by atoms with Crippen molar-refractivity contribution in [3.05, 3.63) is 94.6 Å². The van der Waals surface area contributed by atoms with Crippen LogP contribution in [0.1, 0.15) is 41.7 Å². The summed E-state index contributed by atoms with van der Waals surface area (Å²) in [4.78, 5) is 0. The molecule has 0 aromatic heterocycles. The van der Waals surface area contributed by atoms with Gasteiger partial charge in [0, 0.05) is 5.41 Å². The maximum atomic E-state index is 3.89. The summed E-state index contributed by atoms with van der Waals surface area (Å²) in [6.45, 7) is 15.1.